The monoisotopic (exact) mass is 262 g/mol. The maximum absolute atomic E-state index is 11.9. The minimum absolute atomic E-state index is 0.0915. The highest BCUT2D eigenvalue weighted by Crippen LogP contribution is 2.19. The summed E-state index contributed by atoms with van der Waals surface area (Å²) in [6.45, 7) is 0. The van der Waals surface area contributed by atoms with Gasteiger partial charge in [-0.25, -0.2) is 4.79 Å². The summed E-state index contributed by atoms with van der Waals surface area (Å²) < 4.78 is 6.04. The predicted molar refractivity (Wildman–Crippen MR) is 67.2 cm³/mol. The zero-order valence-corrected chi connectivity index (χ0v) is 10.2. The third kappa shape index (κ3) is 2.05. The number of nitro groups is 1. The van der Waals surface area contributed by atoms with Crippen LogP contribution in [-0.2, 0) is 11.8 Å². The second kappa shape index (κ2) is 4.52. The van der Waals surface area contributed by atoms with Crippen molar-refractivity contribution in [2.45, 2.75) is 0 Å². The predicted octanol–water partition coefficient (Wildman–Crippen LogP) is 1.23. The quantitative estimate of drug-likeness (QED) is 0.461. The third-order valence-electron chi connectivity index (χ3n) is 2.84. The number of pyridine rings is 1. The van der Waals surface area contributed by atoms with Gasteiger partial charge in [0, 0.05) is 25.2 Å². The summed E-state index contributed by atoms with van der Waals surface area (Å²) in [5.74, 6) is -0.639. The largest absolute Gasteiger partial charge is 0.464 e. The summed E-state index contributed by atoms with van der Waals surface area (Å²) in [5, 5.41) is 10.9. The molecule has 0 saturated carbocycles. The van der Waals surface area contributed by atoms with E-state index in [-0.39, 0.29) is 16.8 Å². The first-order valence-corrected chi connectivity index (χ1v) is 5.32. The van der Waals surface area contributed by atoms with Crippen molar-refractivity contribution < 1.29 is 14.5 Å². The standard InChI is InChI=1S/C12H10N2O5/c1-13-9-4-3-7(14(17)18)5-8(9)11(15)6-10(13)12(16)19-2/h3-6H,1-2H3. The van der Waals surface area contributed by atoms with Gasteiger partial charge in [-0.05, 0) is 6.07 Å². The van der Waals surface area contributed by atoms with Crippen LogP contribution in [0.1, 0.15) is 10.5 Å². The molecule has 1 aromatic heterocycles. The number of nitro benzene ring substituents is 1. The van der Waals surface area contributed by atoms with E-state index in [2.05, 4.69) is 4.74 Å². The van der Waals surface area contributed by atoms with Crippen LogP contribution in [0.25, 0.3) is 10.9 Å². The lowest BCUT2D eigenvalue weighted by molar-refractivity contribution is -0.384. The topological polar surface area (TPSA) is 91.4 Å². The Morgan fingerprint density at radius 1 is 1.37 bits per heavy atom. The highest BCUT2D eigenvalue weighted by molar-refractivity contribution is 5.92. The van der Waals surface area contributed by atoms with Crippen LogP contribution >= 0.6 is 0 Å². The Bertz CT molecular complexity index is 748. The number of aryl methyl sites for hydroxylation is 1. The lowest BCUT2D eigenvalue weighted by Gasteiger charge is -2.10. The number of carbonyl (C=O) groups excluding carboxylic acids is 1. The van der Waals surface area contributed by atoms with E-state index in [1.807, 2.05) is 0 Å². The smallest absolute Gasteiger partial charge is 0.354 e. The Labute approximate surface area is 107 Å². The number of non-ortho nitro benzene ring substituents is 1. The van der Waals surface area contributed by atoms with E-state index in [4.69, 9.17) is 0 Å². The number of nitrogens with zero attached hydrogens (tertiary/aromatic N) is 2. The highest BCUT2D eigenvalue weighted by Gasteiger charge is 2.15. The van der Waals surface area contributed by atoms with Crippen molar-refractivity contribution in [2.75, 3.05) is 7.11 Å². The van der Waals surface area contributed by atoms with Crippen molar-refractivity contribution in [1.82, 2.24) is 4.57 Å². The second-order valence-electron chi connectivity index (χ2n) is 3.90. The molecule has 0 bridgehead atoms. The zero-order chi connectivity index (χ0) is 14.2. The van der Waals surface area contributed by atoms with Gasteiger partial charge in [0.2, 0.25) is 0 Å². The van der Waals surface area contributed by atoms with Gasteiger partial charge in [0.15, 0.2) is 5.43 Å². The first kappa shape index (κ1) is 12.7. The summed E-state index contributed by atoms with van der Waals surface area (Å²) in [6.07, 6.45) is 0. The summed E-state index contributed by atoms with van der Waals surface area (Å²) in [4.78, 5) is 33.5. The lowest BCUT2D eigenvalue weighted by atomic mass is 10.1. The van der Waals surface area contributed by atoms with Crippen molar-refractivity contribution in [2.24, 2.45) is 7.05 Å². The molecule has 0 aliphatic carbocycles. The average Bonchev–Trinajstić information content (AvgIpc) is 2.41. The molecule has 0 aliphatic heterocycles. The van der Waals surface area contributed by atoms with Crippen LogP contribution in [0.5, 0.6) is 0 Å². The molecule has 19 heavy (non-hydrogen) atoms. The molecule has 1 aromatic carbocycles. The van der Waals surface area contributed by atoms with Crippen LogP contribution in [0.3, 0.4) is 0 Å². The molecular weight excluding hydrogens is 252 g/mol. The number of ether oxygens (including phenoxy) is 1. The molecule has 0 aliphatic rings. The minimum Gasteiger partial charge on any atom is -0.464 e. The van der Waals surface area contributed by atoms with Crippen molar-refractivity contribution in [3.63, 3.8) is 0 Å². The number of fused-ring (bicyclic) bond motifs is 1. The number of carbonyl (C=O) groups is 1. The number of hydrogen-bond donors (Lipinski definition) is 0. The Morgan fingerprint density at radius 3 is 2.63 bits per heavy atom. The molecule has 0 spiro atoms. The molecule has 0 N–H and O–H groups in total. The molecule has 7 nitrogen and oxygen atoms in total. The number of rotatable bonds is 2. The van der Waals surface area contributed by atoms with E-state index >= 15 is 0 Å². The van der Waals surface area contributed by atoms with E-state index < -0.39 is 16.3 Å². The van der Waals surface area contributed by atoms with Gasteiger partial charge in [-0.1, -0.05) is 0 Å². The fourth-order valence-electron chi connectivity index (χ4n) is 1.86. The Balaban J connectivity index is 2.81. The first-order chi connectivity index (χ1) is 8.95. The molecule has 0 fully saturated rings. The fraction of sp³-hybridized carbons (Fsp3) is 0.167. The van der Waals surface area contributed by atoms with E-state index in [0.29, 0.717) is 5.52 Å². The van der Waals surface area contributed by atoms with Gasteiger partial charge in [0.25, 0.3) is 5.69 Å². The first-order valence-electron chi connectivity index (χ1n) is 5.32. The van der Waals surface area contributed by atoms with Crippen LogP contribution in [0.4, 0.5) is 5.69 Å². The maximum Gasteiger partial charge on any atom is 0.354 e. The molecule has 0 saturated heterocycles. The SMILES string of the molecule is COC(=O)c1cc(=O)c2cc([N+](=O)[O-])ccc2n1C. The number of benzene rings is 1. The van der Waals surface area contributed by atoms with Crippen LogP contribution in [0.15, 0.2) is 29.1 Å². The molecule has 7 heteroatoms. The van der Waals surface area contributed by atoms with E-state index in [1.54, 1.807) is 7.05 Å². The van der Waals surface area contributed by atoms with Gasteiger partial charge in [-0.3, -0.25) is 14.9 Å². The normalized spacial score (nSPS) is 10.4. The van der Waals surface area contributed by atoms with Crippen molar-refractivity contribution in [3.8, 4) is 0 Å². The zero-order valence-electron chi connectivity index (χ0n) is 10.2. The van der Waals surface area contributed by atoms with Gasteiger partial charge in [0.05, 0.1) is 22.9 Å². The third-order valence-corrected chi connectivity index (χ3v) is 2.84. The Hall–Kier alpha value is -2.70. The molecule has 0 radical (unpaired) electrons. The van der Waals surface area contributed by atoms with Crippen LogP contribution in [0, 0.1) is 10.1 Å². The van der Waals surface area contributed by atoms with Gasteiger partial charge in [-0.15, -0.1) is 0 Å². The molecule has 98 valence electrons. The van der Waals surface area contributed by atoms with Gasteiger partial charge >= 0.3 is 5.97 Å². The summed E-state index contributed by atoms with van der Waals surface area (Å²) in [7, 11) is 2.80. The van der Waals surface area contributed by atoms with Crippen molar-refractivity contribution in [3.05, 3.63) is 50.3 Å². The summed E-state index contributed by atoms with van der Waals surface area (Å²) >= 11 is 0. The Morgan fingerprint density at radius 2 is 2.05 bits per heavy atom. The van der Waals surface area contributed by atoms with E-state index in [1.165, 1.54) is 29.9 Å². The molecule has 0 unspecified atom stereocenters. The molecule has 0 amide bonds. The molecule has 2 aromatic rings. The van der Waals surface area contributed by atoms with Crippen molar-refractivity contribution >= 4 is 22.6 Å². The van der Waals surface area contributed by atoms with Crippen LogP contribution in [0.2, 0.25) is 0 Å². The Kier molecular flexibility index (Phi) is 3.04. The minimum atomic E-state index is -0.639. The fourth-order valence-corrected chi connectivity index (χ4v) is 1.86. The number of methoxy groups -OCH3 is 1. The summed E-state index contributed by atoms with van der Waals surface area (Å²) in [6, 6.07) is 5.01. The summed E-state index contributed by atoms with van der Waals surface area (Å²) in [5.41, 5.74) is -0.111. The number of hydrogen-bond acceptors (Lipinski definition) is 5. The molecule has 0 atom stereocenters. The van der Waals surface area contributed by atoms with E-state index in [0.717, 1.165) is 6.07 Å². The van der Waals surface area contributed by atoms with Gasteiger partial charge in [-0.2, -0.15) is 0 Å². The maximum atomic E-state index is 11.9. The number of aromatic nitrogens is 1. The van der Waals surface area contributed by atoms with Crippen LogP contribution < -0.4 is 5.43 Å². The van der Waals surface area contributed by atoms with Crippen LogP contribution in [-0.4, -0.2) is 22.6 Å². The van der Waals surface area contributed by atoms with E-state index in [9.17, 15) is 19.7 Å². The molecule has 1 heterocycles. The van der Waals surface area contributed by atoms with Crippen molar-refractivity contribution in [1.29, 1.82) is 0 Å². The van der Waals surface area contributed by atoms with Gasteiger partial charge < -0.3 is 9.30 Å². The second-order valence-corrected chi connectivity index (χ2v) is 3.90. The molecular formula is C12H10N2O5. The number of esters is 1. The van der Waals surface area contributed by atoms with Gasteiger partial charge in [0.1, 0.15) is 5.69 Å². The highest BCUT2D eigenvalue weighted by atomic mass is 16.6. The average molecular weight is 262 g/mol. The molecule has 2 rings (SSSR count). The lowest BCUT2D eigenvalue weighted by Crippen LogP contribution is -2.17.